The molecule has 1 N–H and O–H groups in total. The molecule has 0 atom stereocenters. The molecule has 4 aromatic rings. The first-order valence-electron chi connectivity index (χ1n) is 9.76. The van der Waals surface area contributed by atoms with Gasteiger partial charge in [0, 0.05) is 23.6 Å². The molecule has 0 aliphatic heterocycles. The minimum atomic E-state index is -0.309. The Labute approximate surface area is 175 Å². The van der Waals surface area contributed by atoms with Crippen molar-refractivity contribution >= 4 is 11.6 Å². The van der Waals surface area contributed by atoms with Gasteiger partial charge in [-0.2, -0.15) is 0 Å². The number of carbonyl (C=O) groups excluding carboxylic acids is 1. The van der Waals surface area contributed by atoms with Crippen LogP contribution in [0.5, 0.6) is 0 Å². The van der Waals surface area contributed by atoms with Crippen LogP contribution in [0.1, 0.15) is 32.7 Å². The maximum absolute atomic E-state index is 13.2. The van der Waals surface area contributed by atoms with E-state index in [0.717, 1.165) is 33.6 Å². The highest BCUT2D eigenvalue weighted by atomic mass is 16.2. The van der Waals surface area contributed by atoms with Crippen LogP contribution in [0.2, 0.25) is 0 Å². The largest absolute Gasteiger partial charge is 0.320 e. The number of benzene rings is 2. The highest BCUT2D eigenvalue weighted by molar-refractivity contribution is 6.07. The van der Waals surface area contributed by atoms with Gasteiger partial charge in [0.1, 0.15) is 5.69 Å². The molecule has 0 fully saturated rings. The molecule has 0 aliphatic rings. The van der Waals surface area contributed by atoms with E-state index in [1.54, 1.807) is 17.1 Å². The average molecular weight is 397 g/mol. The van der Waals surface area contributed by atoms with Crippen LogP contribution in [0, 0.1) is 27.7 Å². The second-order valence-corrected chi connectivity index (χ2v) is 7.48. The lowest BCUT2D eigenvalue weighted by Crippen LogP contribution is -2.15. The first-order chi connectivity index (χ1) is 14.4. The Morgan fingerprint density at radius 3 is 2.47 bits per heavy atom. The quantitative estimate of drug-likeness (QED) is 0.536. The van der Waals surface area contributed by atoms with E-state index >= 15 is 0 Å². The lowest BCUT2D eigenvalue weighted by atomic mass is 10.1. The molecule has 0 saturated carbocycles. The van der Waals surface area contributed by atoms with Crippen LogP contribution in [0.4, 0.5) is 5.69 Å². The molecule has 2 heterocycles. The molecule has 150 valence electrons. The first kappa shape index (κ1) is 19.5. The van der Waals surface area contributed by atoms with Gasteiger partial charge >= 0.3 is 0 Å². The number of hydrogen-bond acceptors (Lipinski definition) is 4. The number of aromatic nitrogens is 4. The van der Waals surface area contributed by atoms with Crippen LogP contribution in [0.15, 0.2) is 60.9 Å². The van der Waals surface area contributed by atoms with E-state index in [9.17, 15) is 4.79 Å². The van der Waals surface area contributed by atoms with E-state index in [2.05, 4.69) is 27.5 Å². The van der Waals surface area contributed by atoms with Crippen molar-refractivity contribution < 1.29 is 4.79 Å². The number of amides is 1. The Hall–Kier alpha value is -3.80. The van der Waals surface area contributed by atoms with Gasteiger partial charge in [0.05, 0.1) is 5.69 Å². The fourth-order valence-corrected chi connectivity index (χ4v) is 3.37. The first-order valence-corrected chi connectivity index (χ1v) is 9.76. The van der Waals surface area contributed by atoms with Gasteiger partial charge in [-0.15, -0.1) is 5.10 Å². The summed E-state index contributed by atoms with van der Waals surface area (Å²) in [4.78, 5) is 17.4. The SMILES string of the molecule is Cc1ccc(NC(=O)c2nnn(-c3ccc(C)c(C)c3)c2-c2cccnc2)c(C)c1. The van der Waals surface area contributed by atoms with E-state index < -0.39 is 0 Å². The predicted octanol–water partition coefficient (Wildman–Crippen LogP) is 4.82. The lowest BCUT2D eigenvalue weighted by molar-refractivity contribution is 0.102. The highest BCUT2D eigenvalue weighted by Gasteiger charge is 2.23. The topological polar surface area (TPSA) is 72.7 Å². The fraction of sp³-hybridized carbons (Fsp3) is 0.167. The molecule has 4 rings (SSSR count). The minimum Gasteiger partial charge on any atom is -0.320 e. The molecule has 30 heavy (non-hydrogen) atoms. The number of hydrogen-bond donors (Lipinski definition) is 1. The van der Waals surface area contributed by atoms with Crippen LogP contribution in [0.25, 0.3) is 16.9 Å². The van der Waals surface area contributed by atoms with Gasteiger partial charge in [0.15, 0.2) is 5.69 Å². The van der Waals surface area contributed by atoms with Crippen LogP contribution < -0.4 is 5.32 Å². The van der Waals surface area contributed by atoms with Crippen molar-refractivity contribution in [1.82, 2.24) is 20.0 Å². The van der Waals surface area contributed by atoms with Gasteiger partial charge in [-0.3, -0.25) is 9.78 Å². The molecule has 6 heteroatoms. The standard InChI is InChI=1S/C24H23N5O/c1-15-7-10-21(18(4)12-15)26-24(30)22-23(19-6-5-11-25-14-19)29(28-27-22)20-9-8-16(2)17(3)13-20/h5-14H,1-4H3,(H,26,30). The van der Waals surface area contributed by atoms with Crippen molar-refractivity contribution in [2.45, 2.75) is 27.7 Å². The number of carbonyl (C=O) groups is 1. The zero-order chi connectivity index (χ0) is 21.3. The van der Waals surface area contributed by atoms with Crippen LogP contribution in [-0.4, -0.2) is 25.9 Å². The number of pyridine rings is 1. The summed E-state index contributed by atoms with van der Waals surface area (Å²) >= 11 is 0. The third-order valence-corrected chi connectivity index (χ3v) is 5.19. The van der Waals surface area contributed by atoms with E-state index in [0.29, 0.717) is 5.69 Å². The number of anilines is 1. The Balaban J connectivity index is 1.81. The molecule has 2 aromatic heterocycles. The highest BCUT2D eigenvalue weighted by Crippen LogP contribution is 2.27. The molecule has 2 aromatic carbocycles. The van der Waals surface area contributed by atoms with Gasteiger partial charge in [-0.25, -0.2) is 4.68 Å². The molecule has 1 amide bonds. The summed E-state index contributed by atoms with van der Waals surface area (Å²) in [7, 11) is 0. The molecule has 6 nitrogen and oxygen atoms in total. The number of nitrogens with zero attached hydrogens (tertiary/aromatic N) is 4. The number of nitrogens with one attached hydrogen (secondary N) is 1. The summed E-state index contributed by atoms with van der Waals surface area (Å²) in [5.74, 6) is -0.309. The second kappa shape index (κ2) is 7.91. The number of rotatable bonds is 4. The smallest absolute Gasteiger partial charge is 0.278 e. The van der Waals surface area contributed by atoms with Gasteiger partial charge in [0.2, 0.25) is 0 Å². The Bertz CT molecular complexity index is 1230. The van der Waals surface area contributed by atoms with Crippen molar-refractivity contribution in [3.8, 4) is 16.9 Å². The van der Waals surface area contributed by atoms with Gasteiger partial charge in [-0.05, 0) is 74.7 Å². The Morgan fingerprint density at radius 1 is 0.933 bits per heavy atom. The monoisotopic (exact) mass is 397 g/mol. The van der Waals surface area contributed by atoms with E-state index in [1.807, 2.05) is 69.3 Å². The van der Waals surface area contributed by atoms with Crippen molar-refractivity contribution in [3.63, 3.8) is 0 Å². The summed E-state index contributed by atoms with van der Waals surface area (Å²) in [6, 6.07) is 15.7. The molecule has 0 saturated heterocycles. The molecule has 0 spiro atoms. The summed E-state index contributed by atoms with van der Waals surface area (Å²) in [6.07, 6.45) is 3.41. The molecule has 0 unspecified atom stereocenters. The third kappa shape index (κ3) is 3.72. The summed E-state index contributed by atoms with van der Waals surface area (Å²) < 4.78 is 1.69. The summed E-state index contributed by atoms with van der Waals surface area (Å²) in [5.41, 5.74) is 7.69. The Morgan fingerprint density at radius 2 is 1.77 bits per heavy atom. The number of aryl methyl sites for hydroxylation is 4. The van der Waals surface area contributed by atoms with Crippen LogP contribution in [-0.2, 0) is 0 Å². The molecule has 0 radical (unpaired) electrons. The van der Waals surface area contributed by atoms with E-state index in [4.69, 9.17) is 0 Å². The van der Waals surface area contributed by atoms with Gasteiger partial charge < -0.3 is 5.32 Å². The average Bonchev–Trinajstić information content (AvgIpc) is 3.18. The fourth-order valence-electron chi connectivity index (χ4n) is 3.37. The summed E-state index contributed by atoms with van der Waals surface area (Å²) in [5, 5.41) is 11.5. The van der Waals surface area contributed by atoms with Crippen molar-refractivity contribution in [1.29, 1.82) is 0 Å². The van der Waals surface area contributed by atoms with Crippen molar-refractivity contribution in [3.05, 3.63) is 88.9 Å². The second-order valence-electron chi connectivity index (χ2n) is 7.48. The minimum absolute atomic E-state index is 0.251. The molecule has 0 aliphatic carbocycles. The van der Waals surface area contributed by atoms with Crippen LogP contribution >= 0.6 is 0 Å². The molecule has 0 bridgehead atoms. The zero-order valence-corrected chi connectivity index (χ0v) is 17.5. The van der Waals surface area contributed by atoms with Crippen molar-refractivity contribution in [2.75, 3.05) is 5.32 Å². The lowest BCUT2D eigenvalue weighted by Gasteiger charge is -2.11. The van der Waals surface area contributed by atoms with Gasteiger partial charge in [-0.1, -0.05) is 29.0 Å². The van der Waals surface area contributed by atoms with Crippen LogP contribution in [0.3, 0.4) is 0 Å². The maximum Gasteiger partial charge on any atom is 0.278 e. The van der Waals surface area contributed by atoms with Gasteiger partial charge in [0.25, 0.3) is 5.91 Å². The normalized spacial score (nSPS) is 10.8. The van der Waals surface area contributed by atoms with E-state index in [-0.39, 0.29) is 11.6 Å². The predicted molar refractivity (Wildman–Crippen MR) is 118 cm³/mol. The Kier molecular flexibility index (Phi) is 5.14. The van der Waals surface area contributed by atoms with Crippen molar-refractivity contribution in [2.24, 2.45) is 0 Å². The molecular weight excluding hydrogens is 374 g/mol. The summed E-state index contributed by atoms with van der Waals surface area (Å²) in [6.45, 7) is 8.10. The maximum atomic E-state index is 13.2. The third-order valence-electron chi connectivity index (χ3n) is 5.19. The zero-order valence-electron chi connectivity index (χ0n) is 17.5. The van der Waals surface area contributed by atoms with E-state index in [1.165, 1.54) is 5.56 Å². The molecular formula is C24H23N5O.